The number of fused-ring (bicyclic) bond motifs is 9. The van der Waals surface area contributed by atoms with E-state index in [9.17, 15) is 0 Å². The van der Waals surface area contributed by atoms with E-state index in [1.807, 2.05) is 36.8 Å². The summed E-state index contributed by atoms with van der Waals surface area (Å²) in [5, 5.41) is 6.62. The summed E-state index contributed by atoms with van der Waals surface area (Å²) in [6.45, 7) is 6.92. The zero-order valence-corrected chi connectivity index (χ0v) is 32.6. The predicted octanol–water partition coefficient (Wildman–Crippen LogP) is 11.4. The van der Waals surface area contributed by atoms with Crippen molar-refractivity contribution in [2.24, 2.45) is 0 Å². The summed E-state index contributed by atoms with van der Waals surface area (Å²) in [7, 11) is 0. The molecule has 10 rings (SSSR count). The van der Waals surface area contributed by atoms with Gasteiger partial charge in [-0.15, -0.1) is 0 Å². The Balaban J connectivity index is 1.17. The highest BCUT2D eigenvalue weighted by Crippen LogP contribution is 2.36. The number of rotatable bonds is 9. The van der Waals surface area contributed by atoms with E-state index >= 15 is 0 Å². The van der Waals surface area contributed by atoms with E-state index in [1.165, 1.54) is 33.4 Å². The van der Waals surface area contributed by atoms with Crippen molar-refractivity contribution in [2.75, 3.05) is 0 Å². The molecule has 6 heterocycles. The van der Waals surface area contributed by atoms with Gasteiger partial charge >= 0.3 is 0 Å². The van der Waals surface area contributed by atoms with Crippen molar-refractivity contribution in [1.29, 1.82) is 0 Å². The third-order valence-electron chi connectivity index (χ3n) is 11.8. The third kappa shape index (κ3) is 6.13. The molecule has 0 spiro atoms. The van der Waals surface area contributed by atoms with Crippen LogP contribution >= 0.6 is 0 Å². The monoisotopic (exact) mass is 738 g/mol. The molecule has 0 aliphatic heterocycles. The van der Waals surface area contributed by atoms with Crippen molar-refractivity contribution in [3.63, 3.8) is 0 Å². The summed E-state index contributed by atoms with van der Waals surface area (Å²) >= 11 is 0. The first-order valence-electron chi connectivity index (χ1n) is 20.2. The van der Waals surface area contributed by atoms with Gasteiger partial charge in [-0.1, -0.05) is 93.6 Å². The average molecular weight is 739 g/mol. The first kappa shape index (κ1) is 34.8. The van der Waals surface area contributed by atoms with E-state index in [4.69, 9.17) is 29.9 Å². The molecule has 0 fully saturated rings. The molecule has 0 N–H and O–H groups in total. The van der Waals surface area contributed by atoms with E-state index < -0.39 is 0 Å². The molecule has 0 amide bonds. The standard InChI is InChI=1S/C51H42N6/c1-4-40-43(28-37-22-19-34-16-13-31-10-7-25-52-46(31)49(34)55-37)41(5-2)45(30-39-24-21-36-18-15-33-12-9-27-54-48(33)51(36)57-39)42(6-3)44(40)29-38-23-20-35-17-14-32-11-8-26-53-47(32)50(35)56-38/h7-27H,4-6,28-30H2,1-3H3. The maximum Gasteiger partial charge on any atom is 0.0967 e. The smallest absolute Gasteiger partial charge is 0.0967 e. The Bertz CT molecular complexity index is 2830. The highest BCUT2D eigenvalue weighted by atomic mass is 14.8. The van der Waals surface area contributed by atoms with Crippen molar-refractivity contribution >= 4 is 65.4 Å². The van der Waals surface area contributed by atoms with E-state index in [2.05, 4.69) is 112 Å². The van der Waals surface area contributed by atoms with Gasteiger partial charge in [-0.25, -0.2) is 0 Å². The maximum absolute atomic E-state index is 5.34. The van der Waals surface area contributed by atoms with Crippen LogP contribution in [0.1, 0.15) is 71.2 Å². The quantitative estimate of drug-likeness (QED) is 0.137. The Morgan fingerprint density at radius 3 is 0.842 bits per heavy atom. The molecule has 0 atom stereocenters. The molecule has 57 heavy (non-hydrogen) atoms. The van der Waals surface area contributed by atoms with Gasteiger partial charge in [-0.2, -0.15) is 0 Å². The summed E-state index contributed by atoms with van der Waals surface area (Å²) in [6, 6.07) is 38.4. The molecule has 10 aromatic rings. The lowest BCUT2D eigenvalue weighted by Crippen LogP contribution is -2.15. The molecule has 4 aromatic carbocycles. The first-order valence-corrected chi connectivity index (χ1v) is 20.2. The minimum atomic E-state index is 0.731. The van der Waals surface area contributed by atoms with Gasteiger partial charge in [-0.3, -0.25) is 29.9 Å². The highest BCUT2D eigenvalue weighted by molar-refractivity contribution is 6.04. The zero-order chi connectivity index (χ0) is 38.5. The normalized spacial score (nSPS) is 11.8. The van der Waals surface area contributed by atoms with Gasteiger partial charge in [-0.05, 0) is 89.0 Å². The molecule has 276 valence electrons. The van der Waals surface area contributed by atoms with Crippen molar-refractivity contribution in [2.45, 2.75) is 59.3 Å². The van der Waals surface area contributed by atoms with E-state index in [-0.39, 0.29) is 0 Å². The fourth-order valence-corrected chi connectivity index (χ4v) is 9.14. The van der Waals surface area contributed by atoms with Gasteiger partial charge < -0.3 is 0 Å². The molecule has 0 saturated carbocycles. The Morgan fingerprint density at radius 2 is 0.561 bits per heavy atom. The SMILES string of the molecule is CCc1c(Cc2ccc3ccc4cccnc4c3n2)c(CC)c(Cc2ccc3ccc4cccnc4c3n2)c(CC)c1Cc1ccc2ccc3cccnc3c2n1. The van der Waals surface area contributed by atoms with Crippen molar-refractivity contribution < 1.29 is 0 Å². The Labute approximate surface area is 331 Å². The fourth-order valence-electron chi connectivity index (χ4n) is 9.14. The maximum atomic E-state index is 5.34. The molecule has 0 unspecified atom stereocenters. The summed E-state index contributed by atoms with van der Waals surface area (Å²) < 4.78 is 0. The van der Waals surface area contributed by atoms with Crippen LogP contribution in [0.4, 0.5) is 0 Å². The summed E-state index contributed by atoms with van der Waals surface area (Å²) in [5.41, 5.74) is 17.2. The van der Waals surface area contributed by atoms with Gasteiger partial charge in [0, 0.05) is 87.3 Å². The van der Waals surface area contributed by atoms with Gasteiger partial charge in [0.15, 0.2) is 0 Å². The van der Waals surface area contributed by atoms with Crippen LogP contribution < -0.4 is 0 Å². The molecule has 0 aliphatic rings. The number of hydrogen-bond donors (Lipinski definition) is 0. The number of pyridine rings is 6. The van der Waals surface area contributed by atoms with Crippen molar-refractivity contribution in [1.82, 2.24) is 29.9 Å². The molecular weight excluding hydrogens is 697 g/mol. The van der Waals surface area contributed by atoms with Crippen LogP contribution in [0.5, 0.6) is 0 Å². The lowest BCUT2D eigenvalue weighted by molar-refractivity contribution is 0.882. The second kappa shape index (κ2) is 14.4. The van der Waals surface area contributed by atoms with Gasteiger partial charge in [0.05, 0.1) is 33.1 Å². The topological polar surface area (TPSA) is 77.3 Å². The molecule has 6 aromatic heterocycles. The molecule has 0 radical (unpaired) electrons. The molecule has 6 nitrogen and oxygen atoms in total. The van der Waals surface area contributed by atoms with Crippen molar-refractivity contribution in [3.8, 4) is 0 Å². The van der Waals surface area contributed by atoms with Gasteiger partial charge in [0.1, 0.15) is 0 Å². The Hall–Kier alpha value is -6.66. The number of hydrogen-bond acceptors (Lipinski definition) is 6. The van der Waals surface area contributed by atoms with Crippen LogP contribution in [0.25, 0.3) is 65.4 Å². The Kier molecular flexibility index (Phi) is 8.82. The Morgan fingerprint density at radius 1 is 0.298 bits per heavy atom. The minimum Gasteiger partial charge on any atom is -0.254 e. The molecule has 0 bridgehead atoms. The summed E-state index contributed by atoms with van der Waals surface area (Å²) in [5.74, 6) is 0. The second-order valence-corrected chi connectivity index (χ2v) is 15.0. The highest BCUT2D eigenvalue weighted by Gasteiger charge is 2.24. The van der Waals surface area contributed by atoms with Crippen LogP contribution in [-0.2, 0) is 38.5 Å². The van der Waals surface area contributed by atoms with Crippen LogP contribution in [0.15, 0.2) is 128 Å². The largest absolute Gasteiger partial charge is 0.254 e. The second-order valence-electron chi connectivity index (χ2n) is 15.0. The van der Waals surface area contributed by atoms with E-state index in [0.29, 0.717) is 0 Å². The fraction of sp³-hybridized carbons (Fsp3) is 0.176. The van der Waals surface area contributed by atoms with Crippen LogP contribution in [0.2, 0.25) is 0 Å². The average Bonchev–Trinajstić information content (AvgIpc) is 3.26. The van der Waals surface area contributed by atoms with Crippen LogP contribution in [0.3, 0.4) is 0 Å². The lowest BCUT2D eigenvalue weighted by atomic mass is 9.79. The van der Waals surface area contributed by atoms with Gasteiger partial charge in [0.25, 0.3) is 0 Å². The number of aromatic nitrogens is 6. The first-order chi connectivity index (χ1) is 28.1. The molecular formula is C51H42N6. The van der Waals surface area contributed by atoms with E-state index in [1.54, 1.807) is 0 Å². The predicted molar refractivity (Wildman–Crippen MR) is 234 cm³/mol. The third-order valence-corrected chi connectivity index (χ3v) is 11.8. The zero-order valence-electron chi connectivity index (χ0n) is 32.6. The molecule has 0 aliphatic carbocycles. The van der Waals surface area contributed by atoms with Crippen LogP contribution in [0, 0.1) is 0 Å². The van der Waals surface area contributed by atoms with Crippen molar-refractivity contribution in [3.05, 3.63) is 178 Å². The van der Waals surface area contributed by atoms with Gasteiger partial charge in [0.2, 0.25) is 0 Å². The summed E-state index contributed by atoms with van der Waals surface area (Å²) in [4.78, 5) is 30.3. The molecule has 0 saturated heterocycles. The lowest BCUT2D eigenvalue weighted by Gasteiger charge is -2.26. The molecule has 6 heteroatoms. The number of benzene rings is 4. The number of nitrogens with zero attached hydrogens (tertiary/aromatic N) is 6. The van der Waals surface area contributed by atoms with E-state index in [0.717, 1.165) is 121 Å². The van der Waals surface area contributed by atoms with Crippen LogP contribution in [-0.4, -0.2) is 29.9 Å². The minimum absolute atomic E-state index is 0.731. The summed E-state index contributed by atoms with van der Waals surface area (Å²) in [6.07, 6.45) is 10.5.